The minimum atomic E-state index is -3.61. The first kappa shape index (κ1) is 15.1. The summed E-state index contributed by atoms with van der Waals surface area (Å²) in [7, 11) is -2.12. The van der Waals surface area contributed by atoms with Gasteiger partial charge in [0.15, 0.2) is 9.84 Å². The number of sulfone groups is 1. The summed E-state index contributed by atoms with van der Waals surface area (Å²) in [5, 5.41) is 9.09. The number of benzene rings is 2. The monoisotopic (exact) mass is 306 g/mol. The Morgan fingerprint density at radius 1 is 1.10 bits per heavy atom. The number of carbonyl (C=O) groups is 1. The highest BCUT2D eigenvalue weighted by molar-refractivity contribution is 7.90. The highest BCUT2D eigenvalue weighted by atomic mass is 32.2. The van der Waals surface area contributed by atoms with Crippen LogP contribution in [0.4, 0.5) is 0 Å². The summed E-state index contributed by atoms with van der Waals surface area (Å²) in [5.41, 5.74) is 0.260. The smallest absolute Gasteiger partial charge is 0.335 e. The zero-order valence-electron chi connectivity index (χ0n) is 11.3. The Bertz CT molecular complexity index is 748. The number of hydrogen-bond acceptors (Lipinski definition) is 4. The lowest BCUT2D eigenvalue weighted by atomic mass is 10.1. The fourth-order valence-corrected chi connectivity index (χ4v) is 3.30. The van der Waals surface area contributed by atoms with Crippen LogP contribution >= 0.6 is 0 Å². The third-order valence-electron chi connectivity index (χ3n) is 3.01. The Labute approximate surface area is 122 Å². The van der Waals surface area contributed by atoms with E-state index in [4.69, 9.17) is 9.84 Å². The molecular formula is C15H14O5S. The first-order valence-corrected chi connectivity index (χ1v) is 7.77. The first-order chi connectivity index (χ1) is 9.94. The lowest BCUT2D eigenvalue weighted by Crippen LogP contribution is -2.09. The van der Waals surface area contributed by atoms with Crippen molar-refractivity contribution in [2.24, 2.45) is 0 Å². The van der Waals surface area contributed by atoms with Crippen LogP contribution in [0.15, 0.2) is 53.4 Å². The van der Waals surface area contributed by atoms with Crippen molar-refractivity contribution in [3.05, 3.63) is 59.7 Å². The number of rotatable bonds is 5. The van der Waals surface area contributed by atoms with E-state index in [9.17, 15) is 13.2 Å². The normalized spacial score (nSPS) is 11.1. The molecule has 5 nitrogen and oxygen atoms in total. The van der Waals surface area contributed by atoms with Crippen molar-refractivity contribution in [3.63, 3.8) is 0 Å². The van der Waals surface area contributed by atoms with Crippen LogP contribution in [0.2, 0.25) is 0 Å². The minimum Gasteiger partial charge on any atom is -0.497 e. The van der Waals surface area contributed by atoms with Crippen LogP contribution in [0, 0.1) is 0 Å². The Morgan fingerprint density at radius 2 is 1.71 bits per heavy atom. The van der Waals surface area contributed by atoms with Gasteiger partial charge < -0.3 is 9.84 Å². The van der Waals surface area contributed by atoms with E-state index in [-0.39, 0.29) is 21.8 Å². The van der Waals surface area contributed by atoms with Gasteiger partial charge in [0.05, 0.1) is 23.3 Å². The van der Waals surface area contributed by atoms with Gasteiger partial charge in [-0.15, -0.1) is 0 Å². The Kier molecular flexibility index (Phi) is 4.28. The summed E-state index contributed by atoms with van der Waals surface area (Å²) in [5.74, 6) is -0.947. The minimum absolute atomic E-state index is 0.00501. The number of hydrogen-bond donors (Lipinski definition) is 1. The SMILES string of the molecule is COc1ccc(S(=O)(=O)Cc2ccccc2C(=O)O)cc1. The molecule has 0 aliphatic heterocycles. The van der Waals surface area contributed by atoms with Crippen molar-refractivity contribution in [1.82, 2.24) is 0 Å². The summed E-state index contributed by atoms with van der Waals surface area (Å²) in [6.07, 6.45) is 0. The van der Waals surface area contributed by atoms with Gasteiger partial charge in [0.1, 0.15) is 5.75 Å². The van der Waals surface area contributed by atoms with E-state index in [2.05, 4.69) is 0 Å². The molecule has 0 aliphatic carbocycles. The average molecular weight is 306 g/mol. The van der Waals surface area contributed by atoms with Gasteiger partial charge in [0.25, 0.3) is 0 Å². The Hall–Kier alpha value is -2.34. The number of ether oxygens (including phenoxy) is 1. The standard InChI is InChI=1S/C15H14O5S/c1-20-12-6-8-13(9-7-12)21(18,19)10-11-4-2-3-5-14(11)15(16)17/h2-9H,10H2,1H3,(H,16,17). The highest BCUT2D eigenvalue weighted by Gasteiger charge is 2.19. The second-order valence-electron chi connectivity index (χ2n) is 4.40. The number of methoxy groups -OCH3 is 1. The van der Waals surface area contributed by atoms with E-state index in [0.717, 1.165) is 0 Å². The van der Waals surface area contributed by atoms with E-state index < -0.39 is 15.8 Å². The third-order valence-corrected chi connectivity index (χ3v) is 4.69. The largest absolute Gasteiger partial charge is 0.497 e. The maximum absolute atomic E-state index is 12.3. The molecule has 0 amide bonds. The molecule has 0 saturated heterocycles. The average Bonchev–Trinajstić information content (AvgIpc) is 2.47. The van der Waals surface area contributed by atoms with Gasteiger partial charge >= 0.3 is 5.97 Å². The summed E-state index contributed by atoms with van der Waals surface area (Å²) >= 11 is 0. The Balaban J connectivity index is 2.35. The lowest BCUT2D eigenvalue weighted by Gasteiger charge is -2.08. The van der Waals surface area contributed by atoms with Gasteiger partial charge in [-0.25, -0.2) is 13.2 Å². The second kappa shape index (κ2) is 5.97. The van der Waals surface area contributed by atoms with Gasteiger partial charge in [-0.3, -0.25) is 0 Å². The van der Waals surface area contributed by atoms with Crippen LogP contribution in [0.5, 0.6) is 5.75 Å². The molecule has 0 fully saturated rings. The molecule has 0 atom stereocenters. The van der Waals surface area contributed by atoms with E-state index in [1.165, 1.54) is 31.4 Å². The summed E-state index contributed by atoms with van der Waals surface area (Å²) in [6.45, 7) is 0. The summed E-state index contributed by atoms with van der Waals surface area (Å²) in [6, 6.07) is 12.1. The second-order valence-corrected chi connectivity index (χ2v) is 6.39. The number of carboxylic acids is 1. The van der Waals surface area contributed by atoms with Gasteiger partial charge in [-0.1, -0.05) is 18.2 Å². The molecule has 0 aromatic heterocycles. The summed E-state index contributed by atoms with van der Waals surface area (Å²) < 4.78 is 29.7. The maximum Gasteiger partial charge on any atom is 0.335 e. The maximum atomic E-state index is 12.3. The van der Waals surface area contributed by atoms with Crippen LogP contribution in [0.25, 0.3) is 0 Å². The molecule has 0 unspecified atom stereocenters. The quantitative estimate of drug-likeness (QED) is 0.917. The molecule has 0 aliphatic rings. The van der Waals surface area contributed by atoms with Crippen molar-refractivity contribution in [3.8, 4) is 5.75 Å². The van der Waals surface area contributed by atoms with Crippen molar-refractivity contribution in [2.45, 2.75) is 10.6 Å². The third kappa shape index (κ3) is 3.41. The molecule has 0 spiro atoms. The molecule has 2 aromatic carbocycles. The zero-order valence-corrected chi connectivity index (χ0v) is 12.1. The van der Waals surface area contributed by atoms with E-state index in [0.29, 0.717) is 5.75 Å². The van der Waals surface area contributed by atoms with Gasteiger partial charge in [0.2, 0.25) is 0 Å². The van der Waals surface area contributed by atoms with Crippen LogP contribution in [-0.2, 0) is 15.6 Å². The topological polar surface area (TPSA) is 80.7 Å². The molecular weight excluding hydrogens is 292 g/mol. The molecule has 6 heteroatoms. The molecule has 2 aromatic rings. The van der Waals surface area contributed by atoms with Gasteiger partial charge in [0, 0.05) is 0 Å². The van der Waals surface area contributed by atoms with Crippen molar-refractivity contribution in [1.29, 1.82) is 0 Å². The molecule has 0 bridgehead atoms. The van der Waals surface area contributed by atoms with E-state index >= 15 is 0 Å². The van der Waals surface area contributed by atoms with Crippen LogP contribution < -0.4 is 4.74 Å². The van der Waals surface area contributed by atoms with E-state index in [1.807, 2.05) is 0 Å². The van der Waals surface area contributed by atoms with Crippen molar-refractivity contribution < 1.29 is 23.1 Å². The predicted molar refractivity (Wildman–Crippen MR) is 77.3 cm³/mol. The molecule has 110 valence electrons. The lowest BCUT2D eigenvalue weighted by molar-refractivity contribution is 0.0696. The van der Waals surface area contributed by atoms with Gasteiger partial charge in [-0.2, -0.15) is 0 Å². The van der Waals surface area contributed by atoms with Crippen LogP contribution in [-0.4, -0.2) is 26.6 Å². The zero-order chi connectivity index (χ0) is 15.5. The van der Waals surface area contributed by atoms with Crippen LogP contribution in [0.3, 0.4) is 0 Å². The highest BCUT2D eigenvalue weighted by Crippen LogP contribution is 2.21. The molecule has 21 heavy (non-hydrogen) atoms. The van der Waals surface area contributed by atoms with Crippen LogP contribution in [0.1, 0.15) is 15.9 Å². The van der Waals surface area contributed by atoms with Crippen molar-refractivity contribution in [2.75, 3.05) is 7.11 Å². The van der Waals surface area contributed by atoms with Gasteiger partial charge in [-0.05, 0) is 35.9 Å². The predicted octanol–water partition coefficient (Wildman–Crippen LogP) is 2.37. The summed E-state index contributed by atoms with van der Waals surface area (Å²) in [4.78, 5) is 11.2. The first-order valence-electron chi connectivity index (χ1n) is 6.12. The number of aromatic carboxylic acids is 1. The molecule has 0 saturated carbocycles. The number of carboxylic acid groups (broad SMARTS) is 1. The fourth-order valence-electron chi connectivity index (χ4n) is 1.93. The Morgan fingerprint density at radius 3 is 2.29 bits per heavy atom. The molecule has 0 radical (unpaired) electrons. The molecule has 2 rings (SSSR count). The molecule has 1 N–H and O–H groups in total. The van der Waals surface area contributed by atoms with E-state index in [1.54, 1.807) is 24.3 Å². The fraction of sp³-hybridized carbons (Fsp3) is 0.133. The van der Waals surface area contributed by atoms with Crippen molar-refractivity contribution >= 4 is 15.8 Å². The molecule has 0 heterocycles.